The zero-order valence-corrected chi connectivity index (χ0v) is 11.1. The molecule has 0 radical (unpaired) electrons. The third kappa shape index (κ3) is 2.38. The van der Waals surface area contributed by atoms with Crippen LogP contribution in [0.15, 0.2) is 55.0 Å². The van der Waals surface area contributed by atoms with Crippen LogP contribution in [0.3, 0.4) is 0 Å². The van der Waals surface area contributed by atoms with E-state index in [0.717, 1.165) is 5.56 Å². The van der Waals surface area contributed by atoms with Crippen LogP contribution in [0, 0.1) is 0 Å². The maximum atomic E-state index is 12.1. The van der Waals surface area contributed by atoms with E-state index in [1.54, 1.807) is 21.6 Å². The summed E-state index contributed by atoms with van der Waals surface area (Å²) in [5.41, 5.74) is 1.61. The molecule has 20 heavy (non-hydrogen) atoms. The van der Waals surface area contributed by atoms with Gasteiger partial charge in [-0.3, -0.25) is 4.79 Å². The minimum absolute atomic E-state index is 0.0158. The minimum Gasteiger partial charge on any atom is -0.348 e. The molecule has 0 unspecified atom stereocenters. The largest absolute Gasteiger partial charge is 0.348 e. The van der Waals surface area contributed by atoms with Crippen LogP contribution in [0.5, 0.6) is 0 Å². The van der Waals surface area contributed by atoms with E-state index < -0.39 is 0 Å². The summed E-state index contributed by atoms with van der Waals surface area (Å²) < 4.78 is 3.37. The fourth-order valence-corrected chi connectivity index (χ4v) is 2.07. The third-order valence-corrected chi connectivity index (χ3v) is 3.10. The average Bonchev–Trinajstić information content (AvgIpc) is 3.09. The van der Waals surface area contributed by atoms with E-state index in [4.69, 9.17) is 0 Å². The maximum absolute atomic E-state index is 12.1. The van der Waals surface area contributed by atoms with Crippen molar-refractivity contribution >= 4 is 5.78 Å². The van der Waals surface area contributed by atoms with E-state index in [-0.39, 0.29) is 12.3 Å². The molecule has 100 valence electrons. The number of hydrogen-bond donors (Lipinski definition) is 0. The quantitative estimate of drug-likeness (QED) is 0.680. The molecule has 5 nitrogen and oxygen atoms in total. The lowest BCUT2D eigenvalue weighted by molar-refractivity contribution is 0.0959. The van der Waals surface area contributed by atoms with Crippen LogP contribution < -0.4 is 0 Å². The summed E-state index contributed by atoms with van der Waals surface area (Å²) in [6, 6.07) is 13.4. The van der Waals surface area contributed by atoms with Gasteiger partial charge < -0.3 is 4.57 Å². The van der Waals surface area contributed by atoms with Crippen molar-refractivity contribution in [3.05, 3.63) is 60.7 Å². The zero-order chi connectivity index (χ0) is 13.9. The Morgan fingerprint density at radius 1 is 1.15 bits per heavy atom. The molecule has 0 saturated carbocycles. The van der Waals surface area contributed by atoms with Gasteiger partial charge >= 0.3 is 0 Å². The lowest BCUT2D eigenvalue weighted by atomic mass is 10.2. The second-order valence-electron chi connectivity index (χ2n) is 4.56. The van der Waals surface area contributed by atoms with Gasteiger partial charge in [0.2, 0.25) is 5.78 Å². The number of Topliss-reactive ketones (excluding diaryl/α,β-unsaturated/α-hetero) is 1. The number of hydrogen-bond acceptors (Lipinski definition) is 3. The van der Waals surface area contributed by atoms with E-state index in [1.807, 2.05) is 49.6 Å². The summed E-state index contributed by atoms with van der Waals surface area (Å²) in [5, 5.41) is 4.34. The zero-order valence-electron chi connectivity index (χ0n) is 11.1. The fourth-order valence-electron chi connectivity index (χ4n) is 2.07. The van der Waals surface area contributed by atoms with Gasteiger partial charge in [0, 0.05) is 18.8 Å². The van der Waals surface area contributed by atoms with Crippen molar-refractivity contribution in [3.63, 3.8) is 0 Å². The van der Waals surface area contributed by atoms with E-state index in [0.29, 0.717) is 11.5 Å². The highest BCUT2D eigenvalue weighted by molar-refractivity contribution is 5.94. The molecule has 0 saturated heterocycles. The van der Waals surface area contributed by atoms with Gasteiger partial charge in [-0.05, 0) is 12.1 Å². The first-order valence-electron chi connectivity index (χ1n) is 6.33. The second kappa shape index (κ2) is 5.13. The molecule has 0 aliphatic carbocycles. The Hall–Kier alpha value is -2.69. The number of benzene rings is 1. The first-order chi connectivity index (χ1) is 9.74. The summed E-state index contributed by atoms with van der Waals surface area (Å²) in [6.45, 7) is 0.192. The molecule has 0 atom stereocenters. The number of aryl methyl sites for hydroxylation is 1. The summed E-state index contributed by atoms with van der Waals surface area (Å²) in [6.07, 6.45) is 3.44. The molecule has 3 aromatic rings. The Morgan fingerprint density at radius 3 is 2.65 bits per heavy atom. The number of carbonyl (C=O) groups excluding carboxylic acids is 1. The van der Waals surface area contributed by atoms with Gasteiger partial charge in [0.15, 0.2) is 5.82 Å². The molecule has 2 heterocycles. The Morgan fingerprint density at radius 2 is 1.95 bits per heavy atom. The van der Waals surface area contributed by atoms with Gasteiger partial charge in [0.1, 0.15) is 12.9 Å². The molecule has 2 aromatic heterocycles. The monoisotopic (exact) mass is 266 g/mol. The van der Waals surface area contributed by atoms with E-state index in [1.165, 1.54) is 0 Å². The van der Waals surface area contributed by atoms with Gasteiger partial charge in [-0.1, -0.05) is 30.3 Å². The number of aromatic nitrogens is 4. The van der Waals surface area contributed by atoms with Crippen LogP contribution in [0.2, 0.25) is 0 Å². The first kappa shape index (κ1) is 12.3. The van der Waals surface area contributed by atoms with Crippen molar-refractivity contribution < 1.29 is 4.79 Å². The summed E-state index contributed by atoms with van der Waals surface area (Å²) in [7, 11) is 1.85. The molecule has 0 spiro atoms. The maximum Gasteiger partial charge on any atom is 0.200 e. The predicted molar refractivity (Wildman–Crippen MR) is 75.2 cm³/mol. The summed E-state index contributed by atoms with van der Waals surface area (Å²) >= 11 is 0. The Kier molecular flexibility index (Phi) is 3.16. The smallest absolute Gasteiger partial charge is 0.200 e. The lowest BCUT2D eigenvalue weighted by Crippen LogP contribution is -2.13. The van der Waals surface area contributed by atoms with Crippen LogP contribution >= 0.6 is 0 Å². The second-order valence-corrected chi connectivity index (χ2v) is 4.56. The molecule has 1 aromatic carbocycles. The van der Waals surface area contributed by atoms with Gasteiger partial charge in [-0.15, -0.1) is 0 Å². The molecule has 5 heteroatoms. The Labute approximate surface area is 116 Å². The van der Waals surface area contributed by atoms with Crippen LogP contribution in [0.4, 0.5) is 0 Å². The highest BCUT2D eigenvalue weighted by atomic mass is 16.1. The molecule has 0 fully saturated rings. The van der Waals surface area contributed by atoms with E-state index in [2.05, 4.69) is 10.1 Å². The van der Waals surface area contributed by atoms with E-state index in [9.17, 15) is 4.79 Å². The standard InChI is InChI=1S/C15H14N4O/c1-18-9-5-8-13(18)14(20)10-19-11-16-15(17-19)12-6-3-2-4-7-12/h2-9,11H,10H2,1H3. The van der Waals surface area contributed by atoms with Crippen molar-refractivity contribution in [2.24, 2.45) is 7.05 Å². The van der Waals surface area contributed by atoms with E-state index >= 15 is 0 Å². The Balaban J connectivity index is 1.78. The molecular weight excluding hydrogens is 252 g/mol. The molecule has 0 aliphatic rings. The van der Waals surface area contributed by atoms with Gasteiger partial charge in [-0.25, -0.2) is 9.67 Å². The average molecular weight is 266 g/mol. The third-order valence-electron chi connectivity index (χ3n) is 3.10. The number of ketones is 1. The molecular formula is C15H14N4O. The first-order valence-corrected chi connectivity index (χ1v) is 6.33. The van der Waals surface area contributed by atoms with Crippen molar-refractivity contribution in [3.8, 4) is 11.4 Å². The van der Waals surface area contributed by atoms with Crippen LogP contribution in [-0.2, 0) is 13.6 Å². The fraction of sp³-hybridized carbons (Fsp3) is 0.133. The normalized spacial score (nSPS) is 10.7. The Bertz CT molecular complexity index is 727. The number of carbonyl (C=O) groups is 1. The molecule has 0 aliphatic heterocycles. The number of nitrogens with zero attached hydrogens (tertiary/aromatic N) is 4. The minimum atomic E-state index is 0.0158. The van der Waals surface area contributed by atoms with Crippen molar-refractivity contribution in [1.29, 1.82) is 0 Å². The van der Waals surface area contributed by atoms with Crippen LogP contribution in [0.1, 0.15) is 10.5 Å². The predicted octanol–water partition coefficient (Wildman–Crippen LogP) is 2.17. The molecule has 3 rings (SSSR count). The van der Waals surface area contributed by atoms with Crippen LogP contribution in [-0.4, -0.2) is 25.1 Å². The highest BCUT2D eigenvalue weighted by Crippen LogP contribution is 2.13. The molecule has 0 bridgehead atoms. The molecule has 0 amide bonds. The molecule has 0 N–H and O–H groups in total. The van der Waals surface area contributed by atoms with Gasteiger partial charge in [-0.2, -0.15) is 5.10 Å². The van der Waals surface area contributed by atoms with Gasteiger partial charge in [0.25, 0.3) is 0 Å². The highest BCUT2D eigenvalue weighted by Gasteiger charge is 2.11. The lowest BCUT2D eigenvalue weighted by Gasteiger charge is -2.02. The van der Waals surface area contributed by atoms with Crippen molar-refractivity contribution in [1.82, 2.24) is 19.3 Å². The topological polar surface area (TPSA) is 52.7 Å². The SMILES string of the molecule is Cn1cccc1C(=O)Cn1cnc(-c2ccccc2)n1. The number of rotatable bonds is 4. The summed E-state index contributed by atoms with van der Waals surface area (Å²) in [4.78, 5) is 16.4. The van der Waals surface area contributed by atoms with Crippen molar-refractivity contribution in [2.45, 2.75) is 6.54 Å². The van der Waals surface area contributed by atoms with Crippen LogP contribution in [0.25, 0.3) is 11.4 Å². The summed E-state index contributed by atoms with van der Waals surface area (Å²) in [5.74, 6) is 0.646. The van der Waals surface area contributed by atoms with Gasteiger partial charge in [0.05, 0.1) is 5.69 Å². The van der Waals surface area contributed by atoms with Crippen molar-refractivity contribution in [2.75, 3.05) is 0 Å².